The first kappa shape index (κ1) is 44.2. The number of allylic oxidation sites excluding steroid dienone is 8. The summed E-state index contributed by atoms with van der Waals surface area (Å²) in [5.41, 5.74) is 2.34. The molecule has 0 fully saturated rings. The standard InChI is InChI=1S/C39H44N4O12S2/c1-8-27(37(45)41(7)54-25-36(44)55-29-17-15-28(16-18-29)43(46)47)23-31-26(2)40-34(38(31,3)4)13-10-9-11-14-35-39(5,6)32-24-30(57(51,52)53)19-20-33(32)42(35)21-12-22-56(48,49)50/h8-11,13-20,23-24H,2,12,21-22,25H2,1,3-7H3,(H,48,49,50)(H,51,52,53)/b11-9+,13-10+,27-8+,31-23+,35-14+. The fourth-order valence-corrected chi connectivity index (χ4v) is 7.28. The van der Waals surface area contributed by atoms with Crippen molar-refractivity contribution in [1.82, 2.24) is 5.06 Å². The molecule has 304 valence electrons. The zero-order chi connectivity index (χ0) is 42.5. The summed E-state index contributed by atoms with van der Waals surface area (Å²) in [4.78, 5) is 47.4. The van der Waals surface area contributed by atoms with Crippen LogP contribution in [0.15, 0.2) is 124 Å². The van der Waals surface area contributed by atoms with Gasteiger partial charge in [0.25, 0.3) is 31.8 Å². The van der Waals surface area contributed by atoms with Gasteiger partial charge in [0.05, 0.1) is 27.0 Å². The molecule has 2 heterocycles. The number of likely N-dealkylation sites (N-methyl/N-ethyl adjacent to an activating group) is 1. The molecule has 0 atom stereocenters. The van der Waals surface area contributed by atoms with E-state index in [0.29, 0.717) is 28.2 Å². The quantitative estimate of drug-likeness (QED) is 0.0396. The number of fused-ring (bicyclic) bond motifs is 1. The Bertz CT molecular complexity index is 2370. The van der Waals surface area contributed by atoms with Crippen LogP contribution in [0.25, 0.3) is 0 Å². The van der Waals surface area contributed by atoms with Crippen LogP contribution in [0, 0.1) is 15.5 Å². The number of non-ortho nitro benzene ring substituents is 1. The van der Waals surface area contributed by atoms with E-state index in [0.717, 1.165) is 10.8 Å². The van der Waals surface area contributed by atoms with Gasteiger partial charge >= 0.3 is 5.97 Å². The Morgan fingerprint density at radius 1 is 1.02 bits per heavy atom. The van der Waals surface area contributed by atoms with Gasteiger partial charge in [0, 0.05) is 53.5 Å². The molecule has 0 spiro atoms. The van der Waals surface area contributed by atoms with E-state index in [1.165, 1.54) is 43.4 Å². The van der Waals surface area contributed by atoms with Crippen LogP contribution in [0.2, 0.25) is 0 Å². The highest BCUT2D eigenvalue weighted by molar-refractivity contribution is 7.86. The maximum Gasteiger partial charge on any atom is 0.340 e. The van der Waals surface area contributed by atoms with Gasteiger partial charge in [0.2, 0.25) is 0 Å². The molecule has 0 aromatic heterocycles. The van der Waals surface area contributed by atoms with Crippen LogP contribution < -0.4 is 9.64 Å². The first-order valence-electron chi connectivity index (χ1n) is 17.4. The predicted octanol–water partition coefficient (Wildman–Crippen LogP) is 6.08. The molecule has 2 N–H and O–H groups in total. The largest absolute Gasteiger partial charge is 0.425 e. The number of hydroxylamine groups is 2. The monoisotopic (exact) mass is 824 g/mol. The lowest BCUT2D eigenvalue weighted by Gasteiger charge is -2.27. The van der Waals surface area contributed by atoms with Gasteiger partial charge in [-0.1, -0.05) is 58.6 Å². The van der Waals surface area contributed by atoms with Crippen molar-refractivity contribution in [3.63, 3.8) is 0 Å². The number of carbonyl (C=O) groups excluding carboxylic acids is 2. The van der Waals surface area contributed by atoms with E-state index in [-0.39, 0.29) is 34.9 Å². The van der Waals surface area contributed by atoms with Crippen LogP contribution in [0.4, 0.5) is 11.4 Å². The summed E-state index contributed by atoms with van der Waals surface area (Å²) in [6.07, 6.45) is 12.2. The van der Waals surface area contributed by atoms with Gasteiger partial charge in [-0.3, -0.25) is 33.8 Å². The second kappa shape index (κ2) is 17.3. The molecule has 2 aromatic carbocycles. The van der Waals surface area contributed by atoms with Gasteiger partial charge in [0.15, 0.2) is 6.61 Å². The number of ether oxygens (including phenoxy) is 1. The van der Waals surface area contributed by atoms with Crippen molar-refractivity contribution in [3.05, 3.63) is 130 Å². The van der Waals surface area contributed by atoms with Crippen molar-refractivity contribution >= 4 is 49.2 Å². The van der Waals surface area contributed by atoms with Gasteiger partial charge in [-0.05, 0) is 73.0 Å². The molecule has 18 heteroatoms. The van der Waals surface area contributed by atoms with Crippen LogP contribution in [0.3, 0.4) is 0 Å². The highest BCUT2D eigenvalue weighted by atomic mass is 32.2. The topological polar surface area (TPSA) is 223 Å². The van der Waals surface area contributed by atoms with Crippen molar-refractivity contribution in [1.29, 1.82) is 0 Å². The molecule has 4 rings (SSSR count). The third kappa shape index (κ3) is 10.7. The average molecular weight is 825 g/mol. The van der Waals surface area contributed by atoms with Crippen molar-refractivity contribution in [2.45, 2.75) is 51.3 Å². The minimum absolute atomic E-state index is 0.0717. The van der Waals surface area contributed by atoms with Crippen LogP contribution in [-0.2, 0) is 40.1 Å². The number of aliphatic imine (C=N–C) groups is 1. The predicted molar refractivity (Wildman–Crippen MR) is 214 cm³/mol. The number of esters is 1. The van der Waals surface area contributed by atoms with E-state index >= 15 is 0 Å². The molecule has 0 aliphatic carbocycles. The molecule has 2 aromatic rings. The van der Waals surface area contributed by atoms with Crippen LogP contribution in [-0.4, -0.2) is 79.5 Å². The van der Waals surface area contributed by atoms with E-state index in [2.05, 4.69) is 11.6 Å². The van der Waals surface area contributed by atoms with Crippen LogP contribution >= 0.6 is 0 Å². The Balaban J connectivity index is 1.46. The molecule has 2 aliphatic heterocycles. The molecule has 0 saturated carbocycles. The summed E-state index contributed by atoms with van der Waals surface area (Å²) < 4.78 is 70.8. The molecular formula is C39H44N4O12S2. The number of nitrogens with zero attached hydrogens (tertiary/aromatic N) is 4. The highest BCUT2D eigenvalue weighted by Crippen LogP contribution is 2.48. The molecular weight excluding hydrogens is 781 g/mol. The number of rotatable bonds is 15. The summed E-state index contributed by atoms with van der Waals surface area (Å²) in [6, 6.07) is 9.13. The highest BCUT2D eigenvalue weighted by Gasteiger charge is 2.40. The number of nitro groups is 1. The lowest BCUT2D eigenvalue weighted by Crippen LogP contribution is -2.31. The first-order valence-corrected chi connectivity index (χ1v) is 20.5. The number of nitro benzene ring substituents is 1. The lowest BCUT2D eigenvalue weighted by atomic mass is 9.80. The smallest absolute Gasteiger partial charge is 0.340 e. The second-order valence-electron chi connectivity index (χ2n) is 14.0. The third-order valence-electron chi connectivity index (χ3n) is 9.35. The van der Waals surface area contributed by atoms with Crippen molar-refractivity contribution in [2.24, 2.45) is 10.4 Å². The van der Waals surface area contributed by atoms with Crippen molar-refractivity contribution < 1.29 is 50.0 Å². The minimum atomic E-state index is -4.48. The SMILES string of the molecule is C=C1N=C(/C=C/C=C/C=C2/N(CCCS(=O)(=O)O)c3ccc(S(=O)(=O)O)cc3C2(C)C)C(C)(C)/C1=C/C(=C\C)C(=O)N(C)OCC(=O)Oc1ccc([N+](=O)[O-])cc1. The Hall–Kier alpha value is -5.53. The molecule has 16 nitrogen and oxygen atoms in total. The van der Waals surface area contributed by atoms with E-state index in [1.54, 1.807) is 49.4 Å². The number of carbonyl (C=O) groups is 2. The minimum Gasteiger partial charge on any atom is -0.425 e. The summed E-state index contributed by atoms with van der Waals surface area (Å²) >= 11 is 0. The molecule has 2 aliphatic rings. The molecule has 57 heavy (non-hydrogen) atoms. The fraction of sp³-hybridized carbons (Fsp3) is 0.308. The molecule has 1 amide bonds. The van der Waals surface area contributed by atoms with E-state index in [4.69, 9.17) is 9.57 Å². The van der Waals surface area contributed by atoms with Gasteiger partial charge in [-0.25, -0.2) is 9.86 Å². The molecule has 0 bridgehead atoms. The van der Waals surface area contributed by atoms with Gasteiger partial charge in [-0.2, -0.15) is 16.8 Å². The van der Waals surface area contributed by atoms with E-state index in [1.807, 2.05) is 38.7 Å². The molecule has 0 radical (unpaired) electrons. The number of hydrogen-bond acceptors (Lipinski definition) is 12. The number of anilines is 1. The number of benzene rings is 2. The maximum atomic E-state index is 13.3. The fourth-order valence-electron chi connectivity index (χ4n) is 6.28. The van der Waals surface area contributed by atoms with E-state index in [9.17, 15) is 45.6 Å². The summed E-state index contributed by atoms with van der Waals surface area (Å²) in [5, 5.41) is 11.7. The zero-order valence-corrected chi connectivity index (χ0v) is 33.8. The number of hydrogen-bond donors (Lipinski definition) is 2. The van der Waals surface area contributed by atoms with Crippen molar-refractivity contribution in [3.8, 4) is 5.75 Å². The summed E-state index contributed by atoms with van der Waals surface area (Å²) in [7, 11) is -7.35. The first-order chi connectivity index (χ1) is 26.5. The Morgan fingerprint density at radius 2 is 1.68 bits per heavy atom. The summed E-state index contributed by atoms with van der Waals surface area (Å²) in [6.45, 7) is 12.9. The number of amides is 1. The maximum absolute atomic E-state index is 13.3. The Kier molecular flexibility index (Phi) is 13.4. The van der Waals surface area contributed by atoms with E-state index < -0.39 is 60.2 Å². The molecule has 0 unspecified atom stereocenters. The molecule has 0 saturated heterocycles. The lowest BCUT2D eigenvalue weighted by molar-refractivity contribution is -0.384. The van der Waals surface area contributed by atoms with Crippen LogP contribution in [0.1, 0.15) is 46.6 Å². The average Bonchev–Trinajstić information content (AvgIpc) is 3.46. The van der Waals surface area contributed by atoms with Gasteiger partial charge in [-0.15, -0.1) is 0 Å². The Morgan fingerprint density at radius 3 is 2.28 bits per heavy atom. The zero-order valence-electron chi connectivity index (χ0n) is 32.2. The second-order valence-corrected chi connectivity index (χ2v) is 17.0. The van der Waals surface area contributed by atoms with Crippen molar-refractivity contribution in [2.75, 3.05) is 30.9 Å². The van der Waals surface area contributed by atoms with Gasteiger partial charge < -0.3 is 9.64 Å². The normalized spacial score (nSPS) is 18.1. The van der Waals surface area contributed by atoms with Gasteiger partial charge in [0.1, 0.15) is 5.75 Å². The summed E-state index contributed by atoms with van der Waals surface area (Å²) in [5.74, 6) is -1.78. The third-order valence-corrected chi connectivity index (χ3v) is 11.0. The Labute approximate surface area is 331 Å². The van der Waals surface area contributed by atoms with Crippen LogP contribution in [0.5, 0.6) is 5.75 Å².